The van der Waals surface area contributed by atoms with Gasteiger partial charge in [-0.05, 0) is 91.8 Å². The molecule has 0 saturated carbocycles. The third-order valence-corrected chi connectivity index (χ3v) is 13.1. The molecule has 3 N–H and O–H groups in total. The Labute approximate surface area is 359 Å². The van der Waals surface area contributed by atoms with E-state index >= 15 is 0 Å². The van der Waals surface area contributed by atoms with Gasteiger partial charge in [-0.15, -0.1) is 0 Å². The number of anilines is 2. The van der Waals surface area contributed by atoms with E-state index in [9.17, 15) is 23.3 Å². The maximum absolute atomic E-state index is 13.9. The van der Waals surface area contributed by atoms with Gasteiger partial charge in [0.2, 0.25) is 0 Å². The van der Waals surface area contributed by atoms with E-state index in [4.69, 9.17) is 25.8 Å². The summed E-state index contributed by atoms with van der Waals surface area (Å²) in [4.78, 5) is 37.1. The first kappa shape index (κ1) is 42.2. The Bertz CT molecular complexity index is 2560. The normalized spacial score (nSPS) is 20.1. The Balaban J connectivity index is 1.02. The smallest absolute Gasteiger partial charge is 0.293 e. The predicted octanol–water partition coefficient (Wildman–Crippen LogP) is 7.65. The highest BCUT2D eigenvalue weighted by Crippen LogP contribution is 2.38. The molecule has 0 spiro atoms. The molecule has 4 heterocycles. The second-order valence-electron chi connectivity index (χ2n) is 15.9. The van der Waals surface area contributed by atoms with Crippen molar-refractivity contribution in [1.82, 2.24) is 19.6 Å². The molecule has 61 heavy (non-hydrogen) atoms. The number of hydrogen-bond acceptors (Lipinski definition) is 12. The van der Waals surface area contributed by atoms with Gasteiger partial charge in [-0.3, -0.25) is 19.8 Å². The van der Waals surface area contributed by atoms with Crippen LogP contribution in [0.15, 0.2) is 95.7 Å². The average molecular weight is 870 g/mol. The number of allylic oxidation sites excluding steroid dienone is 1. The number of piperazine rings is 1. The van der Waals surface area contributed by atoms with Crippen LogP contribution in [0, 0.1) is 16.0 Å². The second-order valence-corrected chi connectivity index (χ2v) is 18.0. The highest BCUT2D eigenvalue weighted by atomic mass is 35.5. The molecule has 2 saturated heterocycles. The maximum Gasteiger partial charge on any atom is 0.293 e. The van der Waals surface area contributed by atoms with E-state index in [1.54, 1.807) is 24.4 Å². The zero-order valence-electron chi connectivity index (χ0n) is 33.9. The molecule has 320 valence electrons. The van der Waals surface area contributed by atoms with E-state index in [2.05, 4.69) is 55.8 Å². The van der Waals surface area contributed by atoms with E-state index in [-0.39, 0.29) is 35.7 Å². The van der Waals surface area contributed by atoms with Crippen molar-refractivity contribution in [3.8, 4) is 11.5 Å². The van der Waals surface area contributed by atoms with E-state index in [1.807, 2.05) is 18.2 Å². The zero-order chi connectivity index (χ0) is 42.7. The standard InChI is InChI=1S/C44H48ClN7O8S/c1-28-3-4-32(39(19-28)30-5-7-33(45)8-6-30)26-50-15-16-51(29(2)25-50)34-9-11-38(42(21-34)60-35-20-31-13-14-46-43(31)48-23-35)44(53)49-61(56,57)37-10-12-40(41(22-37)52(54)55)47-24-36-27-58-17-18-59-36/h5-14,20-23,28-29,36,47H,3-4,15-19,24-27H2,1-2H3,(H,46,48)(H,49,53)/t28-,29-,36+/m1/s1. The lowest BCUT2D eigenvalue weighted by atomic mass is 9.81. The largest absolute Gasteiger partial charge is 0.455 e. The summed E-state index contributed by atoms with van der Waals surface area (Å²) >= 11 is 6.22. The summed E-state index contributed by atoms with van der Waals surface area (Å²) in [5.41, 5.74) is 5.14. The highest BCUT2D eigenvalue weighted by molar-refractivity contribution is 7.90. The van der Waals surface area contributed by atoms with E-state index < -0.39 is 31.4 Å². The number of fused-ring (bicyclic) bond motifs is 1. The summed E-state index contributed by atoms with van der Waals surface area (Å²) in [7, 11) is -4.59. The Kier molecular flexibility index (Phi) is 12.6. The van der Waals surface area contributed by atoms with E-state index in [1.165, 1.54) is 41.1 Å². The number of rotatable bonds is 13. The lowest BCUT2D eigenvalue weighted by molar-refractivity contribution is -0.384. The quantitative estimate of drug-likeness (QED) is 0.0778. The molecule has 3 aromatic carbocycles. The fourth-order valence-electron chi connectivity index (χ4n) is 8.30. The third-order valence-electron chi connectivity index (χ3n) is 11.5. The molecule has 17 heteroatoms. The van der Waals surface area contributed by atoms with Crippen molar-refractivity contribution >= 4 is 61.2 Å². The maximum atomic E-state index is 13.9. The van der Waals surface area contributed by atoms with Crippen molar-refractivity contribution in [2.45, 2.75) is 50.2 Å². The monoisotopic (exact) mass is 869 g/mol. The molecule has 5 aromatic rings. The number of aromatic nitrogens is 2. The summed E-state index contributed by atoms with van der Waals surface area (Å²) in [6.07, 6.45) is 6.21. The molecule has 3 aliphatic rings. The molecule has 15 nitrogen and oxygen atoms in total. The Morgan fingerprint density at radius 3 is 2.67 bits per heavy atom. The van der Waals surface area contributed by atoms with Crippen LogP contribution in [-0.4, -0.2) is 98.8 Å². The summed E-state index contributed by atoms with van der Waals surface area (Å²) in [5, 5.41) is 16.5. The minimum absolute atomic E-state index is 0.0524. The van der Waals surface area contributed by atoms with Gasteiger partial charge in [-0.25, -0.2) is 18.1 Å². The summed E-state index contributed by atoms with van der Waals surface area (Å²) in [5.74, 6) is 0.103. The van der Waals surface area contributed by atoms with Crippen LogP contribution >= 0.6 is 11.6 Å². The minimum atomic E-state index is -4.59. The molecule has 0 radical (unpaired) electrons. The zero-order valence-corrected chi connectivity index (χ0v) is 35.5. The van der Waals surface area contributed by atoms with Gasteiger partial charge < -0.3 is 29.4 Å². The molecule has 1 aliphatic carbocycles. The molecule has 0 bridgehead atoms. The van der Waals surface area contributed by atoms with Crippen molar-refractivity contribution in [1.29, 1.82) is 0 Å². The van der Waals surface area contributed by atoms with Crippen LogP contribution in [0.2, 0.25) is 5.02 Å². The molecule has 2 fully saturated rings. The fraction of sp³-hybridized carbons (Fsp3) is 0.364. The Morgan fingerprint density at radius 1 is 1.07 bits per heavy atom. The van der Waals surface area contributed by atoms with Crippen LogP contribution in [0.5, 0.6) is 11.5 Å². The number of aromatic amines is 1. The Morgan fingerprint density at radius 2 is 1.90 bits per heavy atom. The molecular formula is C44H48ClN7O8S. The summed E-state index contributed by atoms with van der Waals surface area (Å²) in [6.45, 7) is 9.10. The first-order valence-corrected chi connectivity index (χ1v) is 22.3. The number of benzene rings is 3. The first-order valence-electron chi connectivity index (χ1n) is 20.4. The van der Waals surface area contributed by atoms with Gasteiger partial charge in [0, 0.05) is 73.2 Å². The number of pyridine rings is 1. The van der Waals surface area contributed by atoms with Crippen LogP contribution in [-0.2, 0) is 19.5 Å². The van der Waals surface area contributed by atoms with Gasteiger partial charge in [-0.2, -0.15) is 0 Å². The van der Waals surface area contributed by atoms with E-state index in [0.29, 0.717) is 43.7 Å². The first-order chi connectivity index (χ1) is 29.4. The Hall–Kier alpha value is -5.52. The number of carbonyl (C=O) groups is 1. The van der Waals surface area contributed by atoms with Crippen molar-refractivity contribution in [2.24, 2.45) is 5.92 Å². The molecule has 8 rings (SSSR count). The second kappa shape index (κ2) is 18.2. The number of carbonyl (C=O) groups excluding carboxylic acids is 1. The van der Waals surface area contributed by atoms with Gasteiger partial charge in [0.25, 0.3) is 21.6 Å². The van der Waals surface area contributed by atoms with Crippen LogP contribution in [0.3, 0.4) is 0 Å². The number of nitro groups is 1. The van der Waals surface area contributed by atoms with Crippen molar-refractivity contribution < 1.29 is 32.3 Å². The molecular weight excluding hydrogens is 822 g/mol. The summed E-state index contributed by atoms with van der Waals surface area (Å²) in [6, 6.07) is 20.3. The van der Waals surface area contributed by atoms with Gasteiger partial charge >= 0.3 is 0 Å². The fourth-order valence-corrected chi connectivity index (χ4v) is 9.41. The molecule has 3 atom stereocenters. The van der Waals surface area contributed by atoms with Crippen LogP contribution < -0.4 is 19.7 Å². The number of halogens is 1. The van der Waals surface area contributed by atoms with Gasteiger partial charge in [0.15, 0.2) is 0 Å². The van der Waals surface area contributed by atoms with Crippen LogP contribution in [0.25, 0.3) is 16.6 Å². The number of nitrogens with zero attached hydrogens (tertiary/aromatic N) is 4. The molecule has 2 aliphatic heterocycles. The number of nitrogens with one attached hydrogen (secondary N) is 3. The SMILES string of the molecule is C[C@@H]1CCC(CN2CCN(c3ccc(C(=O)NS(=O)(=O)c4ccc(NC[C@H]5COCCO5)c([N+](=O)[O-])c4)c(Oc4cnc5[nH]ccc5c4)c3)[C@H](C)C2)=C(c2ccc(Cl)cc2)C1. The predicted molar refractivity (Wildman–Crippen MR) is 234 cm³/mol. The van der Waals surface area contributed by atoms with Crippen molar-refractivity contribution in [3.63, 3.8) is 0 Å². The van der Waals surface area contributed by atoms with Crippen molar-refractivity contribution in [3.05, 3.63) is 117 Å². The number of amides is 1. The number of sulfonamides is 1. The minimum Gasteiger partial charge on any atom is -0.455 e. The lowest BCUT2D eigenvalue weighted by Gasteiger charge is -2.42. The number of ether oxygens (including phenoxy) is 3. The number of hydrogen-bond donors (Lipinski definition) is 3. The lowest BCUT2D eigenvalue weighted by Crippen LogP contribution is -2.52. The van der Waals surface area contributed by atoms with Gasteiger partial charge in [0.1, 0.15) is 22.8 Å². The highest BCUT2D eigenvalue weighted by Gasteiger charge is 2.30. The van der Waals surface area contributed by atoms with E-state index in [0.717, 1.165) is 61.1 Å². The van der Waals surface area contributed by atoms with Gasteiger partial charge in [0.05, 0.1) is 47.5 Å². The molecule has 1 amide bonds. The van der Waals surface area contributed by atoms with Crippen LogP contribution in [0.1, 0.15) is 49.0 Å². The van der Waals surface area contributed by atoms with Gasteiger partial charge in [-0.1, -0.05) is 36.2 Å². The number of H-pyrrole nitrogens is 1. The third kappa shape index (κ3) is 9.84. The topological polar surface area (TPSA) is 181 Å². The summed E-state index contributed by atoms with van der Waals surface area (Å²) < 4.78 is 46.8. The molecule has 0 unspecified atom stereocenters. The van der Waals surface area contributed by atoms with Crippen molar-refractivity contribution in [2.75, 3.05) is 62.8 Å². The van der Waals surface area contributed by atoms with Crippen LogP contribution in [0.4, 0.5) is 17.1 Å². The number of nitro benzene ring substituents is 1. The molecule has 2 aromatic heterocycles. The average Bonchev–Trinajstić information content (AvgIpc) is 3.72.